The molecule has 5 heteroatoms. The Kier molecular flexibility index (Phi) is 4.80. The number of para-hydroxylation sites is 1. The summed E-state index contributed by atoms with van der Waals surface area (Å²) in [4.78, 5) is 26.0. The maximum atomic E-state index is 13.0. The molecule has 28 heavy (non-hydrogen) atoms. The second kappa shape index (κ2) is 7.72. The van der Waals surface area contributed by atoms with Gasteiger partial charge in [0.1, 0.15) is 5.58 Å². The maximum absolute atomic E-state index is 13.0. The Bertz CT molecular complexity index is 1150. The molecule has 0 aliphatic rings. The van der Waals surface area contributed by atoms with E-state index in [2.05, 4.69) is 5.10 Å². The highest BCUT2D eigenvalue weighted by Crippen LogP contribution is 2.12. The fraction of sp³-hybridized carbons (Fsp3) is 0. The smallest absolute Gasteiger partial charge is 0.281 e. The summed E-state index contributed by atoms with van der Waals surface area (Å²) in [7, 11) is 0. The van der Waals surface area contributed by atoms with Gasteiger partial charge in [-0.2, -0.15) is 5.01 Å². The normalized spacial score (nSPS) is 11.4. The van der Waals surface area contributed by atoms with E-state index in [1.54, 1.807) is 72.8 Å². The number of hydrogen-bond donors (Lipinski definition) is 0. The Balaban J connectivity index is 1.82. The number of carbonyl (C=O) groups is 2. The second-order valence-corrected chi connectivity index (χ2v) is 6.07. The van der Waals surface area contributed by atoms with Gasteiger partial charge in [-0.3, -0.25) is 9.59 Å². The zero-order chi connectivity index (χ0) is 19.3. The van der Waals surface area contributed by atoms with E-state index >= 15 is 0 Å². The minimum absolute atomic E-state index is 0.160. The van der Waals surface area contributed by atoms with E-state index in [1.165, 1.54) is 0 Å². The van der Waals surface area contributed by atoms with E-state index in [0.29, 0.717) is 16.7 Å². The van der Waals surface area contributed by atoms with Crippen LogP contribution in [0, 0.1) is 0 Å². The monoisotopic (exact) mass is 368 g/mol. The summed E-state index contributed by atoms with van der Waals surface area (Å²) in [6, 6.07) is 28.0. The maximum Gasteiger partial charge on any atom is 0.281 e. The van der Waals surface area contributed by atoms with E-state index in [4.69, 9.17) is 4.42 Å². The molecule has 136 valence electrons. The molecule has 5 nitrogen and oxygen atoms in total. The minimum Gasteiger partial charge on any atom is -0.437 e. The number of hydrogen-bond acceptors (Lipinski definition) is 4. The van der Waals surface area contributed by atoms with Gasteiger partial charge in [0.2, 0.25) is 5.55 Å². The lowest BCUT2D eigenvalue weighted by molar-refractivity contribution is 0.0607. The third-order valence-corrected chi connectivity index (χ3v) is 4.16. The number of carbonyl (C=O) groups excluding carboxylic acids is 2. The average Bonchev–Trinajstić information content (AvgIpc) is 2.77. The lowest BCUT2D eigenvalue weighted by Crippen LogP contribution is -2.34. The summed E-state index contributed by atoms with van der Waals surface area (Å²) in [6.07, 6.45) is 0. The summed E-state index contributed by atoms with van der Waals surface area (Å²) in [5.41, 5.74) is 1.49. The number of benzene rings is 3. The van der Waals surface area contributed by atoms with E-state index < -0.39 is 11.8 Å². The molecule has 3 aromatic carbocycles. The third kappa shape index (κ3) is 3.59. The van der Waals surface area contributed by atoms with Crippen molar-refractivity contribution in [2.75, 3.05) is 0 Å². The lowest BCUT2D eigenvalue weighted by Gasteiger charge is -2.15. The molecule has 2 amide bonds. The summed E-state index contributed by atoms with van der Waals surface area (Å²) in [6.45, 7) is 0. The van der Waals surface area contributed by atoms with Gasteiger partial charge in [0, 0.05) is 22.6 Å². The van der Waals surface area contributed by atoms with Crippen molar-refractivity contribution < 1.29 is 14.0 Å². The Labute approximate surface area is 161 Å². The molecule has 0 aliphatic carbocycles. The van der Waals surface area contributed by atoms with Gasteiger partial charge in [-0.1, -0.05) is 54.6 Å². The Morgan fingerprint density at radius 1 is 0.643 bits per heavy atom. The SMILES string of the molecule is O=C(c1ccccc1)N(N=c1ccc2ccccc2o1)C(=O)c1ccccc1. The molecule has 0 N–H and O–H groups in total. The van der Waals surface area contributed by atoms with Crippen LogP contribution in [0.1, 0.15) is 20.7 Å². The van der Waals surface area contributed by atoms with Gasteiger partial charge < -0.3 is 4.42 Å². The van der Waals surface area contributed by atoms with Crippen molar-refractivity contribution in [3.63, 3.8) is 0 Å². The molecule has 1 aromatic heterocycles. The fourth-order valence-corrected chi connectivity index (χ4v) is 2.76. The van der Waals surface area contributed by atoms with Crippen LogP contribution >= 0.6 is 0 Å². The predicted octanol–water partition coefficient (Wildman–Crippen LogP) is 4.23. The zero-order valence-corrected chi connectivity index (χ0v) is 14.9. The van der Waals surface area contributed by atoms with Crippen LogP contribution in [0.3, 0.4) is 0 Å². The molecule has 0 atom stereocenters. The van der Waals surface area contributed by atoms with Crippen LogP contribution in [0.5, 0.6) is 0 Å². The summed E-state index contributed by atoms with van der Waals surface area (Å²) in [5.74, 6) is -1.06. The summed E-state index contributed by atoms with van der Waals surface area (Å²) < 4.78 is 5.75. The second-order valence-electron chi connectivity index (χ2n) is 6.07. The van der Waals surface area contributed by atoms with Crippen LogP contribution in [0.15, 0.2) is 107 Å². The Hall–Kier alpha value is -3.99. The van der Waals surface area contributed by atoms with Crippen molar-refractivity contribution in [3.05, 3.63) is 114 Å². The Morgan fingerprint density at radius 2 is 1.18 bits per heavy atom. The van der Waals surface area contributed by atoms with E-state index in [-0.39, 0.29) is 5.55 Å². The molecule has 0 spiro atoms. The molecule has 0 saturated heterocycles. The number of fused-ring (bicyclic) bond motifs is 1. The van der Waals surface area contributed by atoms with E-state index in [1.807, 2.05) is 24.3 Å². The van der Waals surface area contributed by atoms with Crippen LogP contribution < -0.4 is 5.55 Å². The molecular weight excluding hydrogens is 352 g/mol. The van der Waals surface area contributed by atoms with Gasteiger partial charge in [-0.05, 0) is 36.4 Å². The molecule has 0 unspecified atom stereocenters. The zero-order valence-electron chi connectivity index (χ0n) is 14.9. The van der Waals surface area contributed by atoms with Gasteiger partial charge in [-0.15, -0.1) is 5.10 Å². The fourth-order valence-electron chi connectivity index (χ4n) is 2.76. The molecular formula is C23H16N2O3. The van der Waals surface area contributed by atoms with Crippen molar-refractivity contribution in [2.24, 2.45) is 5.10 Å². The van der Waals surface area contributed by atoms with Gasteiger partial charge in [0.25, 0.3) is 11.8 Å². The first-order valence-corrected chi connectivity index (χ1v) is 8.75. The Morgan fingerprint density at radius 3 is 1.79 bits per heavy atom. The lowest BCUT2D eigenvalue weighted by atomic mass is 10.1. The highest BCUT2D eigenvalue weighted by Gasteiger charge is 2.24. The number of rotatable bonds is 3. The molecule has 4 aromatic rings. The standard InChI is InChI=1S/C23H16N2O3/c26-22(18-10-3-1-4-11-18)25(23(27)19-12-5-2-6-13-19)24-21-16-15-17-9-7-8-14-20(17)28-21/h1-16H. The molecule has 0 radical (unpaired) electrons. The molecule has 4 rings (SSSR count). The quantitative estimate of drug-likeness (QED) is 0.401. The van der Waals surface area contributed by atoms with E-state index in [9.17, 15) is 9.59 Å². The highest BCUT2D eigenvalue weighted by atomic mass is 16.3. The van der Waals surface area contributed by atoms with E-state index in [0.717, 1.165) is 10.4 Å². The largest absolute Gasteiger partial charge is 0.437 e. The number of imide groups is 1. The van der Waals surface area contributed by atoms with Crippen molar-refractivity contribution in [3.8, 4) is 0 Å². The first-order chi connectivity index (χ1) is 13.7. The van der Waals surface area contributed by atoms with Crippen LogP contribution in [0.25, 0.3) is 11.0 Å². The van der Waals surface area contributed by atoms with Crippen molar-refractivity contribution in [1.29, 1.82) is 0 Å². The predicted molar refractivity (Wildman–Crippen MR) is 105 cm³/mol. The van der Waals surface area contributed by atoms with Crippen molar-refractivity contribution >= 4 is 22.8 Å². The average molecular weight is 368 g/mol. The first kappa shape index (κ1) is 17.4. The van der Waals surface area contributed by atoms with Crippen LogP contribution in [-0.2, 0) is 0 Å². The molecule has 0 aliphatic heterocycles. The number of nitrogens with zero attached hydrogens (tertiary/aromatic N) is 2. The van der Waals surface area contributed by atoms with Gasteiger partial charge >= 0.3 is 0 Å². The summed E-state index contributed by atoms with van der Waals surface area (Å²) in [5, 5.41) is 5.97. The minimum atomic E-state index is -0.530. The first-order valence-electron chi connectivity index (χ1n) is 8.75. The topological polar surface area (TPSA) is 62.9 Å². The highest BCUT2D eigenvalue weighted by molar-refractivity contribution is 6.09. The van der Waals surface area contributed by atoms with Gasteiger partial charge in [0.15, 0.2) is 0 Å². The summed E-state index contributed by atoms with van der Waals surface area (Å²) >= 11 is 0. The molecule has 0 bridgehead atoms. The third-order valence-electron chi connectivity index (χ3n) is 4.16. The van der Waals surface area contributed by atoms with Gasteiger partial charge in [0.05, 0.1) is 0 Å². The molecule has 0 saturated carbocycles. The van der Waals surface area contributed by atoms with Crippen LogP contribution in [0.2, 0.25) is 0 Å². The van der Waals surface area contributed by atoms with Crippen LogP contribution in [0.4, 0.5) is 0 Å². The van der Waals surface area contributed by atoms with Gasteiger partial charge in [-0.25, -0.2) is 0 Å². The van der Waals surface area contributed by atoms with Crippen LogP contribution in [-0.4, -0.2) is 16.8 Å². The molecule has 1 heterocycles. The molecule has 0 fully saturated rings. The number of amides is 2. The van der Waals surface area contributed by atoms with Crippen molar-refractivity contribution in [2.45, 2.75) is 0 Å². The van der Waals surface area contributed by atoms with Crippen molar-refractivity contribution in [1.82, 2.24) is 5.01 Å².